The Balaban J connectivity index is 0.00000132. The van der Waals surface area contributed by atoms with Gasteiger partial charge in [-0.1, -0.05) is 0 Å². The van der Waals surface area contributed by atoms with E-state index in [1.54, 1.807) is 14.2 Å². The van der Waals surface area contributed by atoms with Crippen LogP contribution in [0.15, 0.2) is 24.4 Å². The van der Waals surface area contributed by atoms with Gasteiger partial charge >= 0.3 is 0 Å². The average molecular weight is 360 g/mol. The maximum Gasteiger partial charge on any atom is 0.161 e. The van der Waals surface area contributed by atoms with E-state index in [4.69, 9.17) is 9.47 Å². The zero-order chi connectivity index (χ0) is 14.7. The van der Waals surface area contributed by atoms with Crippen LogP contribution in [-0.2, 0) is 0 Å². The standard InChI is InChI=1S/C16H21N3O2.2ClH/c1-20-14-4-3-12(9-15(14)21-2)13-10-18-16(19-13)11-5-7-17-8-6-11;;/h3-4,9-11,17H,5-8H2,1-2H3,(H,18,19);2*1H. The third-order valence-corrected chi connectivity index (χ3v) is 4.02. The second-order valence-electron chi connectivity index (χ2n) is 5.28. The van der Waals surface area contributed by atoms with Crippen molar-refractivity contribution >= 4 is 24.8 Å². The molecule has 7 heteroatoms. The molecule has 1 saturated heterocycles. The number of methoxy groups -OCH3 is 2. The Labute approximate surface area is 149 Å². The van der Waals surface area contributed by atoms with Crippen molar-refractivity contribution in [1.82, 2.24) is 15.3 Å². The van der Waals surface area contributed by atoms with Gasteiger partial charge in [-0.2, -0.15) is 0 Å². The fourth-order valence-corrected chi connectivity index (χ4v) is 2.79. The van der Waals surface area contributed by atoms with Crippen LogP contribution in [0.2, 0.25) is 0 Å². The molecule has 1 aliphatic heterocycles. The molecular weight excluding hydrogens is 337 g/mol. The van der Waals surface area contributed by atoms with Crippen LogP contribution < -0.4 is 14.8 Å². The van der Waals surface area contributed by atoms with Gasteiger partial charge in [0.1, 0.15) is 5.82 Å². The van der Waals surface area contributed by atoms with Gasteiger partial charge in [-0.05, 0) is 44.1 Å². The van der Waals surface area contributed by atoms with Crippen molar-refractivity contribution in [2.45, 2.75) is 18.8 Å². The molecule has 0 amide bonds. The number of hydrogen-bond acceptors (Lipinski definition) is 4. The van der Waals surface area contributed by atoms with Gasteiger partial charge in [0.15, 0.2) is 11.5 Å². The Morgan fingerprint density at radius 2 is 1.74 bits per heavy atom. The molecule has 0 bridgehead atoms. The lowest BCUT2D eigenvalue weighted by Crippen LogP contribution is -2.27. The predicted molar refractivity (Wildman–Crippen MR) is 96.5 cm³/mol. The van der Waals surface area contributed by atoms with Gasteiger partial charge in [-0.25, -0.2) is 4.98 Å². The van der Waals surface area contributed by atoms with Gasteiger partial charge < -0.3 is 19.8 Å². The van der Waals surface area contributed by atoms with E-state index >= 15 is 0 Å². The zero-order valence-corrected chi connectivity index (χ0v) is 14.9. The predicted octanol–water partition coefficient (Wildman–Crippen LogP) is 3.40. The van der Waals surface area contributed by atoms with Gasteiger partial charge in [0, 0.05) is 11.5 Å². The summed E-state index contributed by atoms with van der Waals surface area (Å²) in [6, 6.07) is 5.90. The number of imidazole rings is 1. The van der Waals surface area contributed by atoms with Gasteiger partial charge in [-0.15, -0.1) is 24.8 Å². The number of H-pyrrole nitrogens is 1. The first kappa shape index (κ1) is 19.6. The van der Waals surface area contributed by atoms with Crippen LogP contribution in [0.5, 0.6) is 11.5 Å². The maximum absolute atomic E-state index is 5.35. The minimum absolute atomic E-state index is 0. The molecule has 1 aromatic heterocycles. The van der Waals surface area contributed by atoms with E-state index in [2.05, 4.69) is 15.3 Å². The third-order valence-electron chi connectivity index (χ3n) is 4.02. The smallest absolute Gasteiger partial charge is 0.161 e. The molecule has 128 valence electrons. The molecule has 0 aliphatic carbocycles. The van der Waals surface area contributed by atoms with E-state index in [0.29, 0.717) is 5.92 Å². The molecule has 23 heavy (non-hydrogen) atoms. The monoisotopic (exact) mass is 359 g/mol. The molecule has 0 unspecified atom stereocenters. The van der Waals surface area contributed by atoms with E-state index in [-0.39, 0.29) is 24.8 Å². The summed E-state index contributed by atoms with van der Waals surface area (Å²) < 4.78 is 10.6. The van der Waals surface area contributed by atoms with Gasteiger partial charge in [0.2, 0.25) is 0 Å². The largest absolute Gasteiger partial charge is 0.493 e. The summed E-state index contributed by atoms with van der Waals surface area (Å²) in [5.74, 6) is 3.08. The second kappa shape index (κ2) is 9.01. The van der Waals surface area contributed by atoms with E-state index in [1.807, 2.05) is 24.4 Å². The van der Waals surface area contributed by atoms with E-state index in [1.165, 1.54) is 0 Å². The SMILES string of the molecule is COc1ccc(-c2cnc(C3CCNCC3)[nH]2)cc1OC.Cl.Cl. The van der Waals surface area contributed by atoms with Crippen molar-refractivity contribution < 1.29 is 9.47 Å². The van der Waals surface area contributed by atoms with Crippen LogP contribution in [-0.4, -0.2) is 37.3 Å². The number of rotatable bonds is 4. The highest BCUT2D eigenvalue weighted by atomic mass is 35.5. The minimum Gasteiger partial charge on any atom is -0.493 e. The molecule has 3 rings (SSSR count). The van der Waals surface area contributed by atoms with E-state index in [0.717, 1.165) is 54.5 Å². The Morgan fingerprint density at radius 1 is 1.04 bits per heavy atom. The summed E-state index contributed by atoms with van der Waals surface area (Å²) in [6.07, 6.45) is 4.18. The van der Waals surface area contributed by atoms with E-state index in [9.17, 15) is 0 Å². The van der Waals surface area contributed by atoms with Gasteiger partial charge in [-0.3, -0.25) is 0 Å². The summed E-state index contributed by atoms with van der Waals surface area (Å²) in [4.78, 5) is 8.01. The first-order valence-corrected chi connectivity index (χ1v) is 7.30. The maximum atomic E-state index is 5.35. The number of benzene rings is 1. The fraction of sp³-hybridized carbons (Fsp3) is 0.438. The van der Waals surface area contributed by atoms with Crippen LogP contribution in [0.1, 0.15) is 24.6 Å². The summed E-state index contributed by atoms with van der Waals surface area (Å²) in [5, 5.41) is 3.38. The van der Waals surface area contributed by atoms with E-state index < -0.39 is 0 Å². The van der Waals surface area contributed by atoms with Crippen molar-refractivity contribution in [2.75, 3.05) is 27.3 Å². The topological polar surface area (TPSA) is 59.2 Å². The highest BCUT2D eigenvalue weighted by Crippen LogP contribution is 2.32. The Kier molecular flexibility index (Phi) is 7.68. The lowest BCUT2D eigenvalue weighted by atomic mass is 9.98. The van der Waals surface area contributed by atoms with Crippen LogP contribution >= 0.6 is 24.8 Å². The first-order valence-electron chi connectivity index (χ1n) is 7.30. The molecule has 5 nitrogen and oxygen atoms in total. The number of nitrogens with zero attached hydrogens (tertiary/aromatic N) is 1. The molecule has 1 aliphatic rings. The molecule has 0 atom stereocenters. The molecule has 1 aromatic carbocycles. The number of aromatic amines is 1. The van der Waals surface area contributed by atoms with Crippen molar-refractivity contribution in [3.8, 4) is 22.8 Å². The third kappa shape index (κ3) is 4.31. The van der Waals surface area contributed by atoms with Crippen molar-refractivity contribution in [3.05, 3.63) is 30.2 Å². The van der Waals surface area contributed by atoms with Crippen LogP contribution in [0.4, 0.5) is 0 Å². The number of piperidine rings is 1. The van der Waals surface area contributed by atoms with Crippen LogP contribution in [0.3, 0.4) is 0 Å². The lowest BCUT2D eigenvalue weighted by Gasteiger charge is -2.20. The highest BCUT2D eigenvalue weighted by molar-refractivity contribution is 5.85. The summed E-state index contributed by atoms with van der Waals surface area (Å²) in [6.45, 7) is 2.13. The Hall–Kier alpha value is -1.43. The quantitative estimate of drug-likeness (QED) is 0.877. The highest BCUT2D eigenvalue weighted by Gasteiger charge is 2.18. The van der Waals surface area contributed by atoms with Crippen LogP contribution in [0.25, 0.3) is 11.3 Å². The zero-order valence-electron chi connectivity index (χ0n) is 13.3. The summed E-state index contributed by atoms with van der Waals surface area (Å²) in [5.41, 5.74) is 2.07. The minimum atomic E-state index is 0. The summed E-state index contributed by atoms with van der Waals surface area (Å²) in [7, 11) is 3.29. The number of nitrogens with one attached hydrogen (secondary N) is 2. The number of halogens is 2. The Morgan fingerprint density at radius 3 is 2.39 bits per heavy atom. The second-order valence-corrected chi connectivity index (χ2v) is 5.28. The number of ether oxygens (including phenoxy) is 2. The van der Waals surface area contributed by atoms with Crippen molar-refractivity contribution in [3.63, 3.8) is 0 Å². The Bertz CT molecular complexity index is 613. The molecular formula is C16H23Cl2N3O2. The molecule has 2 heterocycles. The normalized spacial score (nSPS) is 14.5. The van der Waals surface area contributed by atoms with Crippen LogP contribution in [0, 0.1) is 0 Å². The van der Waals surface area contributed by atoms with Gasteiger partial charge in [0.05, 0.1) is 26.1 Å². The number of hydrogen-bond donors (Lipinski definition) is 2. The first-order chi connectivity index (χ1) is 10.3. The molecule has 0 radical (unpaired) electrons. The molecule has 0 spiro atoms. The molecule has 2 N–H and O–H groups in total. The van der Waals surface area contributed by atoms with Gasteiger partial charge in [0.25, 0.3) is 0 Å². The number of aromatic nitrogens is 2. The summed E-state index contributed by atoms with van der Waals surface area (Å²) >= 11 is 0. The fourth-order valence-electron chi connectivity index (χ4n) is 2.79. The van der Waals surface area contributed by atoms with Crippen molar-refractivity contribution in [2.24, 2.45) is 0 Å². The average Bonchev–Trinajstić information content (AvgIpc) is 3.05. The van der Waals surface area contributed by atoms with Crippen molar-refractivity contribution in [1.29, 1.82) is 0 Å². The molecule has 2 aromatic rings. The molecule has 1 fully saturated rings. The molecule has 0 saturated carbocycles. The lowest BCUT2D eigenvalue weighted by molar-refractivity contribution is 0.355.